The van der Waals surface area contributed by atoms with Gasteiger partial charge in [-0.3, -0.25) is 9.52 Å². The SMILES string of the molecule is Cc1cccc(C)c1NS(=O)(=O)c1ccc(NC(=O)C2CCN(C(=O)N3CCCC3)CC2)cc1. The molecule has 2 fully saturated rings. The molecule has 0 atom stereocenters. The molecule has 2 aromatic rings. The van der Waals surface area contributed by atoms with Gasteiger partial charge in [-0.25, -0.2) is 13.2 Å². The molecule has 0 unspecified atom stereocenters. The van der Waals surface area contributed by atoms with E-state index in [1.807, 2.05) is 41.8 Å². The number of carbonyl (C=O) groups is 2. The highest BCUT2D eigenvalue weighted by Crippen LogP contribution is 2.25. The summed E-state index contributed by atoms with van der Waals surface area (Å²) in [7, 11) is -3.75. The summed E-state index contributed by atoms with van der Waals surface area (Å²) in [6, 6.07) is 11.9. The van der Waals surface area contributed by atoms with E-state index in [9.17, 15) is 18.0 Å². The van der Waals surface area contributed by atoms with Crippen LogP contribution >= 0.6 is 0 Å². The van der Waals surface area contributed by atoms with Crippen molar-refractivity contribution in [3.05, 3.63) is 53.6 Å². The van der Waals surface area contributed by atoms with E-state index in [1.165, 1.54) is 12.1 Å². The predicted molar refractivity (Wildman–Crippen MR) is 132 cm³/mol. The first-order valence-corrected chi connectivity index (χ1v) is 13.3. The van der Waals surface area contributed by atoms with E-state index in [0.29, 0.717) is 37.3 Å². The third-order valence-electron chi connectivity index (χ3n) is 6.66. The zero-order chi connectivity index (χ0) is 24.3. The lowest BCUT2D eigenvalue weighted by molar-refractivity contribution is -0.121. The molecule has 0 bridgehead atoms. The molecule has 0 saturated carbocycles. The van der Waals surface area contributed by atoms with Crippen molar-refractivity contribution in [2.24, 2.45) is 5.92 Å². The highest BCUT2D eigenvalue weighted by Gasteiger charge is 2.30. The number of para-hydroxylation sites is 1. The average molecular weight is 485 g/mol. The first kappa shape index (κ1) is 24.1. The van der Waals surface area contributed by atoms with Crippen LogP contribution in [-0.4, -0.2) is 56.3 Å². The standard InChI is InChI=1S/C25H32N4O4S/c1-18-6-5-7-19(2)23(18)27-34(32,33)22-10-8-21(9-11-22)26-24(30)20-12-16-29(17-13-20)25(31)28-14-3-4-15-28/h5-11,20,27H,3-4,12-17H2,1-2H3,(H,26,30). The number of sulfonamides is 1. The van der Waals surface area contributed by atoms with E-state index in [4.69, 9.17) is 0 Å². The zero-order valence-electron chi connectivity index (χ0n) is 19.7. The quantitative estimate of drug-likeness (QED) is 0.671. The fraction of sp³-hybridized carbons (Fsp3) is 0.440. The third kappa shape index (κ3) is 5.35. The molecule has 2 N–H and O–H groups in total. The second-order valence-corrected chi connectivity index (χ2v) is 10.8. The van der Waals surface area contributed by atoms with E-state index in [1.54, 1.807) is 12.1 Å². The van der Waals surface area contributed by atoms with Crippen LogP contribution in [0.25, 0.3) is 0 Å². The Kier molecular flexibility index (Phi) is 7.11. The van der Waals surface area contributed by atoms with E-state index in [-0.39, 0.29) is 22.8 Å². The molecule has 3 amide bonds. The highest BCUT2D eigenvalue weighted by atomic mass is 32.2. The summed E-state index contributed by atoms with van der Waals surface area (Å²) in [5.41, 5.74) is 2.82. The van der Waals surface area contributed by atoms with Crippen molar-refractivity contribution in [3.63, 3.8) is 0 Å². The molecular formula is C25H32N4O4S. The maximum atomic E-state index is 12.8. The molecule has 9 heteroatoms. The minimum absolute atomic E-state index is 0.0858. The first-order valence-electron chi connectivity index (χ1n) is 11.8. The number of piperidine rings is 1. The number of urea groups is 1. The van der Waals surface area contributed by atoms with Crippen LogP contribution < -0.4 is 10.0 Å². The van der Waals surface area contributed by atoms with Crippen molar-refractivity contribution in [2.45, 2.75) is 44.4 Å². The van der Waals surface area contributed by atoms with Gasteiger partial charge in [-0.15, -0.1) is 0 Å². The molecular weight excluding hydrogens is 452 g/mol. The Morgan fingerprint density at radius 3 is 2.00 bits per heavy atom. The number of anilines is 2. The summed E-state index contributed by atoms with van der Waals surface area (Å²) in [5, 5.41) is 2.89. The number of carbonyl (C=O) groups excluding carboxylic acids is 2. The Hall–Kier alpha value is -3.07. The Morgan fingerprint density at radius 2 is 1.41 bits per heavy atom. The average Bonchev–Trinajstić information content (AvgIpc) is 3.37. The van der Waals surface area contributed by atoms with E-state index in [0.717, 1.165) is 37.1 Å². The van der Waals surface area contributed by atoms with Crippen molar-refractivity contribution < 1.29 is 18.0 Å². The molecule has 0 spiro atoms. The molecule has 0 radical (unpaired) electrons. The maximum absolute atomic E-state index is 12.8. The molecule has 0 aliphatic carbocycles. The molecule has 2 aliphatic heterocycles. The molecule has 182 valence electrons. The molecule has 0 aromatic heterocycles. The largest absolute Gasteiger partial charge is 0.326 e. The Bertz CT molecular complexity index is 1130. The van der Waals surface area contributed by atoms with Gasteiger partial charge in [0, 0.05) is 37.8 Å². The summed E-state index contributed by atoms with van der Waals surface area (Å²) in [5.74, 6) is -0.269. The Balaban J connectivity index is 1.33. The van der Waals surface area contributed by atoms with Gasteiger partial charge in [0.05, 0.1) is 10.6 Å². The van der Waals surface area contributed by atoms with Crippen LogP contribution in [0.1, 0.15) is 36.8 Å². The van der Waals surface area contributed by atoms with Gasteiger partial charge in [0.1, 0.15) is 0 Å². The van der Waals surface area contributed by atoms with Gasteiger partial charge >= 0.3 is 6.03 Å². The number of likely N-dealkylation sites (tertiary alicyclic amines) is 2. The fourth-order valence-electron chi connectivity index (χ4n) is 4.57. The molecule has 34 heavy (non-hydrogen) atoms. The highest BCUT2D eigenvalue weighted by molar-refractivity contribution is 7.92. The van der Waals surface area contributed by atoms with Gasteiger partial charge < -0.3 is 15.1 Å². The van der Waals surface area contributed by atoms with Crippen molar-refractivity contribution in [3.8, 4) is 0 Å². The maximum Gasteiger partial charge on any atom is 0.319 e. The van der Waals surface area contributed by atoms with Gasteiger partial charge in [0.25, 0.3) is 10.0 Å². The monoisotopic (exact) mass is 484 g/mol. The second kappa shape index (κ2) is 10.0. The minimum atomic E-state index is -3.75. The van der Waals surface area contributed by atoms with Crippen LogP contribution in [0.3, 0.4) is 0 Å². The van der Waals surface area contributed by atoms with Crippen molar-refractivity contribution in [1.29, 1.82) is 0 Å². The number of hydrogen-bond acceptors (Lipinski definition) is 4. The first-order chi connectivity index (χ1) is 16.2. The zero-order valence-corrected chi connectivity index (χ0v) is 20.5. The number of amides is 3. The normalized spacial score (nSPS) is 17.0. The van der Waals surface area contributed by atoms with Crippen LogP contribution in [0.4, 0.5) is 16.2 Å². The van der Waals surface area contributed by atoms with Gasteiger partial charge in [0.15, 0.2) is 0 Å². The molecule has 2 aliphatic rings. The number of aryl methyl sites for hydroxylation is 2. The van der Waals surface area contributed by atoms with Crippen LogP contribution in [0.15, 0.2) is 47.4 Å². The van der Waals surface area contributed by atoms with E-state index < -0.39 is 10.0 Å². The summed E-state index contributed by atoms with van der Waals surface area (Å²) in [4.78, 5) is 29.1. The Labute approximate surface area is 201 Å². The lowest BCUT2D eigenvalue weighted by Crippen LogP contribution is -2.47. The lowest BCUT2D eigenvalue weighted by Gasteiger charge is -2.34. The predicted octanol–water partition coefficient (Wildman–Crippen LogP) is 3.97. The second-order valence-electron chi connectivity index (χ2n) is 9.12. The molecule has 2 heterocycles. The van der Waals surface area contributed by atoms with Gasteiger partial charge in [-0.1, -0.05) is 18.2 Å². The number of benzene rings is 2. The Morgan fingerprint density at radius 1 is 0.853 bits per heavy atom. The van der Waals surface area contributed by atoms with E-state index in [2.05, 4.69) is 10.0 Å². The molecule has 8 nitrogen and oxygen atoms in total. The van der Waals surface area contributed by atoms with Crippen LogP contribution in [0.5, 0.6) is 0 Å². The van der Waals surface area contributed by atoms with Crippen LogP contribution in [0, 0.1) is 19.8 Å². The number of nitrogens with one attached hydrogen (secondary N) is 2. The fourth-order valence-corrected chi connectivity index (χ4v) is 5.77. The van der Waals surface area contributed by atoms with Crippen molar-refractivity contribution >= 4 is 33.3 Å². The van der Waals surface area contributed by atoms with Crippen LogP contribution in [-0.2, 0) is 14.8 Å². The van der Waals surface area contributed by atoms with Crippen molar-refractivity contribution in [1.82, 2.24) is 9.80 Å². The number of rotatable bonds is 5. The van der Waals surface area contributed by atoms with Crippen LogP contribution in [0.2, 0.25) is 0 Å². The van der Waals surface area contributed by atoms with Crippen molar-refractivity contribution in [2.75, 3.05) is 36.2 Å². The van der Waals surface area contributed by atoms with Gasteiger partial charge in [-0.05, 0) is 74.9 Å². The summed E-state index contributed by atoms with van der Waals surface area (Å²) < 4.78 is 28.3. The summed E-state index contributed by atoms with van der Waals surface area (Å²) >= 11 is 0. The molecule has 4 rings (SSSR count). The number of nitrogens with zero attached hydrogens (tertiary/aromatic N) is 2. The van der Waals surface area contributed by atoms with Gasteiger partial charge in [-0.2, -0.15) is 0 Å². The smallest absolute Gasteiger partial charge is 0.319 e. The lowest BCUT2D eigenvalue weighted by atomic mass is 9.96. The van der Waals surface area contributed by atoms with E-state index >= 15 is 0 Å². The molecule has 2 saturated heterocycles. The van der Waals surface area contributed by atoms with Gasteiger partial charge in [0.2, 0.25) is 5.91 Å². The topological polar surface area (TPSA) is 98.8 Å². The molecule has 2 aromatic carbocycles. The summed E-state index contributed by atoms with van der Waals surface area (Å²) in [6.45, 7) is 6.52. The minimum Gasteiger partial charge on any atom is -0.326 e. The third-order valence-corrected chi connectivity index (χ3v) is 8.03. The summed E-state index contributed by atoms with van der Waals surface area (Å²) in [6.07, 6.45) is 3.37. The number of hydrogen-bond donors (Lipinski definition) is 2.